The minimum atomic E-state index is 0.303. The zero-order valence-electron chi connectivity index (χ0n) is 8.26. The van der Waals surface area contributed by atoms with Crippen molar-refractivity contribution in [3.63, 3.8) is 0 Å². The smallest absolute Gasteiger partial charge is 0.0443 e. The molecule has 0 radical (unpaired) electrons. The Bertz CT molecular complexity index is 111. The van der Waals surface area contributed by atoms with Crippen molar-refractivity contribution in [1.29, 1.82) is 0 Å². The van der Waals surface area contributed by atoms with Crippen molar-refractivity contribution in [2.45, 2.75) is 6.42 Å². The van der Waals surface area contributed by atoms with Gasteiger partial charge in [-0.3, -0.25) is 0 Å². The third-order valence-electron chi connectivity index (χ3n) is 2.32. The largest absolute Gasteiger partial charge is 0.396 e. The summed E-state index contributed by atoms with van der Waals surface area (Å²) in [6, 6.07) is 0. The fourth-order valence-corrected chi connectivity index (χ4v) is 1.53. The number of hydrogen-bond donors (Lipinski definition) is 3. The van der Waals surface area contributed by atoms with E-state index in [0.717, 1.165) is 52.2 Å². The molecule has 0 aromatic rings. The normalized spacial score (nSPS) is 21.9. The Labute approximate surface area is 80.3 Å². The molecule has 0 bridgehead atoms. The molecule has 0 atom stereocenters. The van der Waals surface area contributed by atoms with Crippen LogP contribution in [-0.2, 0) is 0 Å². The van der Waals surface area contributed by atoms with E-state index in [4.69, 9.17) is 5.11 Å². The van der Waals surface area contributed by atoms with Gasteiger partial charge in [-0.25, -0.2) is 0 Å². The van der Waals surface area contributed by atoms with Gasteiger partial charge in [0.25, 0.3) is 0 Å². The van der Waals surface area contributed by atoms with Crippen molar-refractivity contribution in [3.05, 3.63) is 0 Å². The van der Waals surface area contributed by atoms with Crippen molar-refractivity contribution in [1.82, 2.24) is 15.5 Å². The summed E-state index contributed by atoms with van der Waals surface area (Å²) in [6.45, 7) is 7.77. The third kappa shape index (κ3) is 5.21. The molecule has 0 unspecified atom stereocenters. The van der Waals surface area contributed by atoms with Gasteiger partial charge >= 0.3 is 0 Å². The summed E-state index contributed by atoms with van der Waals surface area (Å²) in [5.74, 6) is 0. The van der Waals surface area contributed by atoms with E-state index in [-0.39, 0.29) is 0 Å². The molecule has 0 saturated carbocycles. The van der Waals surface area contributed by atoms with E-state index in [0.29, 0.717) is 6.61 Å². The molecule has 4 heteroatoms. The Kier molecular flexibility index (Phi) is 6.10. The molecule has 1 aliphatic rings. The van der Waals surface area contributed by atoms with Gasteiger partial charge in [-0.05, 0) is 6.42 Å². The van der Waals surface area contributed by atoms with Crippen molar-refractivity contribution < 1.29 is 5.11 Å². The molecule has 1 aliphatic heterocycles. The van der Waals surface area contributed by atoms with E-state index >= 15 is 0 Å². The summed E-state index contributed by atoms with van der Waals surface area (Å²) >= 11 is 0. The Hall–Kier alpha value is -0.160. The number of nitrogens with zero attached hydrogens (tertiary/aromatic N) is 1. The summed E-state index contributed by atoms with van der Waals surface area (Å²) in [7, 11) is 0. The number of nitrogens with one attached hydrogen (secondary N) is 2. The molecular formula is C9H21N3O. The maximum absolute atomic E-state index is 8.72. The first-order valence-electron chi connectivity index (χ1n) is 5.18. The molecule has 0 spiro atoms. The van der Waals surface area contributed by atoms with Gasteiger partial charge in [0.2, 0.25) is 0 Å². The molecule has 0 aromatic heterocycles. The molecule has 4 nitrogen and oxygen atoms in total. The average molecular weight is 187 g/mol. The number of hydrogen-bond acceptors (Lipinski definition) is 4. The van der Waals surface area contributed by atoms with Crippen LogP contribution in [0.3, 0.4) is 0 Å². The quantitative estimate of drug-likeness (QED) is 0.523. The van der Waals surface area contributed by atoms with Crippen LogP contribution in [0.4, 0.5) is 0 Å². The second-order valence-electron chi connectivity index (χ2n) is 3.42. The third-order valence-corrected chi connectivity index (χ3v) is 2.32. The Morgan fingerprint density at radius 2 is 1.62 bits per heavy atom. The van der Waals surface area contributed by atoms with E-state index in [1.165, 1.54) is 0 Å². The summed E-state index contributed by atoms with van der Waals surface area (Å²) in [5.41, 5.74) is 0. The van der Waals surface area contributed by atoms with Crippen LogP contribution >= 0.6 is 0 Å². The lowest BCUT2D eigenvalue weighted by Crippen LogP contribution is -2.35. The highest BCUT2D eigenvalue weighted by molar-refractivity contribution is 4.65. The summed E-state index contributed by atoms with van der Waals surface area (Å²) in [5, 5.41) is 15.5. The predicted octanol–water partition coefficient (Wildman–Crippen LogP) is -1.14. The van der Waals surface area contributed by atoms with Crippen LogP contribution in [0, 0.1) is 0 Å². The molecule has 1 heterocycles. The van der Waals surface area contributed by atoms with Gasteiger partial charge < -0.3 is 20.6 Å². The molecule has 1 saturated heterocycles. The minimum Gasteiger partial charge on any atom is -0.396 e. The number of aliphatic hydroxyl groups excluding tert-OH is 1. The summed E-state index contributed by atoms with van der Waals surface area (Å²) in [6.07, 6.45) is 0.889. The lowest BCUT2D eigenvalue weighted by molar-refractivity contribution is 0.227. The van der Waals surface area contributed by atoms with Gasteiger partial charge in [0.05, 0.1) is 0 Å². The Balaban J connectivity index is 2.16. The molecule has 0 aromatic carbocycles. The zero-order chi connectivity index (χ0) is 9.36. The molecule has 0 aliphatic carbocycles. The van der Waals surface area contributed by atoms with Crippen molar-refractivity contribution in [2.24, 2.45) is 0 Å². The lowest BCUT2D eigenvalue weighted by atomic mass is 10.3. The topological polar surface area (TPSA) is 47.5 Å². The van der Waals surface area contributed by atoms with Gasteiger partial charge in [-0.15, -0.1) is 0 Å². The zero-order valence-corrected chi connectivity index (χ0v) is 8.26. The molecule has 1 rings (SSSR count). The lowest BCUT2D eigenvalue weighted by Gasteiger charge is -2.20. The van der Waals surface area contributed by atoms with Gasteiger partial charge in [0.1, 0.15) is 0 Å². The Morgan fingerprint density at radius 3 is 2.15 bits per heavy atom. The van der Waals surface area contributed by atoms with Crippen LogP contribution in [0.5, 0.6) is 0 Å². The number of aliphatic hydroxyl groups is 1. The fourth-order valence-electron chi connectivity index (χ4n) is 1.53. The highest BCUT2D eigenvalue weighted by Gasteiger charge is 2.05. The summed E-state index contributed by atoms with van der Waals surface area (Å²) < 4.78 is 0. The molecule has 1 fully saturated rings. The van der Waals surface area contributed by atoms with Crippen LogP contribution < -0.4 is 10.6 Å². The maximum atomic E-state index is 8.72. The van der Waals surface area contributed by atoms with E-state index in [1.807, 2.05) is 0 Å². The molecule has 13 heavy (non-hydrogen) atoms. The first-order valence-corrected chi connectivity index (χ1v) is 5.18. The van der Waals surface area contributed by atoms with Gasteiger partial charge in [-0.1, -0.05) is 0 Å². The van der Waals surface area contributed by atoms with Crippen molar-refractivity contribution in [2.75, 3.05) is 52.4 Å². The van der Waals surface area contributed by atoms with E-state index in [2.05, 4.69) is 15.5 Å². The second-order valence-corrected chi connectivity index (χ2v) is 3.42. The SMILES string of the molecule is OCCCN1CCNCCNCC1. The highest BCUT2D eigenvalue weighted by Crippen LogP contribution is 1.90. The van der Waals surface area contributed by atoms with Crippen molar-refractivity contribution in [3.8, 4) is 0 Å². The van der Waals surface area contributed by atoms with Crippen molar-refractivity contribution >= 4 is 0 Å². The van der Waals surface area contributed by atoms with Crippen LogP contribution in [0.25, 0.3) is 0 Å². The molecular weight excluding hydrogens is 166 g/mol. The van der Waals surface area contributed by atoms with E-state index < -0.39 is 0 Å². The van der Waals surface area contributed by atoms with E-state index in [9.17, 15) is 0 Å². The van der Waals surface area contributed by atoms with Gasteiger partial charge in [-0.2, -0.15) is 0 Å². The highest BCUT2D eigenvalue weighted by atomic mass is 16.3. The molecule has 78 valence electrons. The predicted molar refractivity (Wildman–Crippen MR) is 53.9 cm³/mol. The minimum absolute atomic E-state index is 0.303. The maximum Gasteiger partial charge on any atom is 0.0443 e. The fraction of sp³-hybridized carbons (Fsp3) is 1.00. The second kappa shape index (κ2) is 7.26. The average Bonchev–Trinajstić information content (AvgIpc) is 2.28. The number of rotatable bonds is 3. The molecule has 0 amide bonds. The summed E-state index contributed by atoms with van der Waals surface area (Å²) in [4.78, 5) is 2.39. The first-order chi connectivity index (χ1) is 6.43. The first kappa shape index (κ1) is 10.9. The monoisotopic (exact) mass is 187 g/mol. The Morgan fingerprint density at radius 1 is 1.00 bits per heavy atom. The standard InChI is InChI=1S/C9H21N3O/c13-9-1-6-12-7-4-10-2-3-11-5-8-12/h10-11,13H,1-9H2. The van der Waals surface area contributed by atoms with Crippen LogP contribution in [0.15, 0.2) is 0 Å². The van der Waals surface area contributed by atoms with Gasteiger partial charge in [0.15, 0.2) is 0 Å². The van der Waals surface area contributed by atoms with Crippen LogP contribution in [-0.4, -0.2) is 62.4 Å². The molecule has 3 N–H and O–H groups in total. The van der Waals surface area contributed by atoms with Crippen LogP contribution in [0.1, 0.15) is 6.42 Å². The van der Waals surface area contributed by atoms with Gasteiger partial charge in [0, 0.05) is 52.4 Å². The van der Waals surface area contributed by atoms with Crippen LogP contribution in [0.2, 0.25) is 0 Å². The van der Waals surface area contributed by atoms with E-state index in [1.54, 1.807) is 0 Å².